The molecule has 1 aromatic heterocycles. The summed E-state index contributed by atoms with van der Waals surface area (Å²) in [4.78, 5) is 6.40. The van der Waals surface area contributed by atoms with Crippen LogP contribution >= 0.6 is 0 Å². The Hall–Kier alpha value is -1.49. The number of hydrogen-bond donors (Lipinski definition) is 2. The van der Waals surface area contributed by atoms with Crippen LogP contribution in [0.2, 0.25) is 0 Å². The van der Waals surface area contributed by atoms with Gasteiger partial charge in [0.2, 0.25) is 5.88 Å². The lowest BCUT2D eigenvalue weighted by Crippen LogP contribution is -2.25. The van der Waals surface area contributed by atoms with Crippen LogP contribution in [0.5, 0.6) is 5.88 Å². The van der Waals surface area contributed by atoms with Crippen LogP contribution in [0, 0.1) is 0 Å². The minimum absolute atomic E-state index is 0.325. The van der Waals surface area contributed by atoms with Crippen LogP contribution < -0.4 is 16.2 Å². The molecule has 1 aromatic rings. The Morgan fingerprint density at radius 3 is 2.53 bits per heavy atom. The van der Waals surface area contributed by atoms with Crippen molar-refractivity contribution in [3.05, 3.63) is 12.1 Å². The average Bonchev–Trinajstić information content (AvgIpc) is 2.34. The van der Waals surface area contributed by atoms with Crippen LogP contribution in [0.4, 0.5) is 11.5 Å². The van der Waals surface area contributed by atoms with Gasteiger partial charge < -0.3 is 21.1 Å². The number of anilines is 2. The molecule has 0 aliphatic heterocycles. The summed E-state index contributed by atoms with van der Waals surface area (Å²) in [6, 6.07) is 3.45. The smallest absolute Gasteiger partial charge is 0.215 e. The van der Waals surface area contributed by atoms with Gasteiger partial charge in [0.15, 0.2) is 5.82 Å². The highest BCUT2D eigenvalue weighted by atomic mass is 16.5. The quantitative estimate of drug-likeness (QED) is 0.701. The number of pyridine rings is 1. The van der Waals surface area contributed by atoms with Gasteiger partial charge in [0, 0.05) is 12.6 Å². The summed E-state index contributed by atoms with van der Waals surface area (Å²) < 4.78 is 5.51. The summed E-state index contributed by atoms with van der Waals surface area (Å²) in [7, 11) is 0. The maximum atomic E-state index is 5.59. The molecule has 0 aromatic carbocycles. The van der Waals surface area contributed by atoms with Gasteiger partial charge in [-0.15, -0.1) is 0 Å². The summed E-state index contributed by atoms with van der Waals surface area (Å²) in [6.07, 6.45) is 0.980. The molecule has 0 fully saturated rings. The molecule has 0 atom stereocenters. The van der Waals surface area contributed by atoms with Crippen LogP contribution in [-0.2, 0) is 0 Å². The van der Waals surface area contributed by atoms with Crippen molar-refractivity contribution in [2.24, 2.45) is 0 Å². The molecule has 0 aliphatic carbocycles. The number of nitrogens with zero attached hydrogens (tertiary/aromatic N) is 2. The van der Waals surface area contributed by atoms with E-state index in [1.54, 1.807) is 12.1 Å². The molecule has 0 saturated heterocycles. The molecule has 5 nitrogen and oxygen atoms in total. The molecule has 0 radical (unpaired) electrons. The van der Waals surface area contributed by atoms with E-state index < -0.39 is 0 Å². The second-order valence-electron chi connectivity index (χ2n) is 3.85. The van der Waals surface area contributed by atoms with E-state index in [-0.39, 0.29) is 0 Å². The third kappa shape index (κ3) is 4.48. The first-order valence-corrected chi connectivity index (χ1v) is 6.04. The Kier molecular flexibility index (Phi) is 5.56. The molecule has 96 valence electrons. The lowest BCUT2D eigenvalue weighted by atomic mass is 10.4. The van der Waals surface area contributed by atoms with Crippen molar-refractivity contribution in [3.8, 4) is 5.88 Å². The average molecular weight is 238 g/mol. The maximum absolute atomic E-state index is 5.59. The van der Waals surface area contributed by atoms with Crippen molar-refractivity contribution in [2.45, 2.75) is 20.3 Å². The number of nitrogen functional groups attached to an aromatic ring is 2. The Morgan fingerprint density at radius 1 is 1.24 bits per heavy atom. The molecule has 1 rings (SSSR count). The van der Waals surface area contributed by atoms with Crippen molar-refractivity contribution in [3.63, 3.8) is 0 Å². The van der Waals surface area contributed by atoms with Gasteiger partial charge in [0.25, 0.3) is 0 Å². The fourth-order valence-corrected chi connectivity index (χ4v) is 1.55. The maximum Gasteiger partial charge on any atom is 0.215 e. The normalized spacial score (nSPS) is 10.8. The van der Waals surface area contributed by atoms with Gasteiger partial charge in [-0.05, 0) is 25.6 Å². The van der Waals surface area contributed by atoms with E-state index in [2.05, 4.69) is 23.7 Å². The molecular formula is C12H22N4O. The topological polar surface area (TPSA) is 77.4 Å². The molecule has 0 aliphatic rings. The predicted molar refractivity (Wildman–Crippen MR) is 71.0 cm³/mol. The zero-order chi connectivity index (χ0) is 12.7. The highest BCUT2D eigenvalue weighted by Crippen LogP contribution is 2.16. The van der Waals surface area contributed by atoms with E-state index in [1.165, 1.54) is 0 Å². The molecule has 0 amide bonds. The zero-order valence-corrected chi connectivity index (χ0v) is 10.6. The highest BCUT2D eigenvalue weighted by molar-refractivity contribution is 5.58. The van der Waals surface area contributed by atoms with Gasteiger partial charge in [0.05, 0.1) is 12.3 Å². The van der Waals surface area contributed by atoms with Crippen LogP contribution in [0.3, 0.4) is 0 Å². The first-order chi connectivity index (χ1) is 8.17. The Labute approximate surface area is 103 Å². The summed E-state index contributed by atoms with van der Waals surface area (Å²) in [5.74, 6) is 0.863. The predicted octanol–water partition coefficient (Wildman–Crippen LogP) is 1.36. The zero-order valence-electron chi connectivity index (χ0n) is 10.6. The molecule has 0 saturated carbocycles. The van der Waals surface area contributed by atoms with Gasteiger partial charge in [-0.2, -0.15) is 4.98 Å². The fourth-order valence-electron chi connectivity index (χ4n) is 1.55. The second kappa shape index (κ2) is 6.96. The summed E-state index contributed by atoms with van der Waals surface area (Å²) in [5.41, 5.74) is 11.6. The minimum atomic E-state index is 0.325. The van der Waals surface area contributed by atoms with Gasteiger partial charge >= 0.3 is 0 Å². The molecule has 1 heterocycles. The Bertz CT molecular complexity index is 339. The van der Waals surface area contributed by atoms with Crippen molar-refractivity contribution >= 4 is 11.5 Å². The third-order valence-electron chi connectivity index (χ3n) is 2.69. The Balaban J connectivity index is 2.28. The molecular weight excluding hydrogens is 216 g/mol. The number of ether oxygens (including phenoxy) is 1. The molecule has 4 N–H and O–H groups in total. The number of hydrogen-bond acceptors (Lipinski definition) is 5. The highest BCUT2D eigenvalue weighted by Gasteiger charge is 2.01. The van der Waals surface area contributed by atoms with E-state index in [0.29, 0.717) is 24.0 Å². The second-order valence-corrected chi connectivity index (χ2v) is 3.85. The standard InChI is InChI=1S/C12H22N4O/c1-3-16(4-2)8-5-9-17-11-7-6-10(13)12(14)15-11/h6-7H,3-5,8-9,13H2,1-2H3,(H2,14,15). The first kappa shape index (κ1) is 13.6. The molecule has 17 heavy (non-hydrogen) atoms. The molecule has 0 bridgehead atoms. The first-order valence-electron chi connectivity index (χ1n) is 6.04. The molecule has 0 unspecified atom stereocenters. The van der Waals surface area contributed by atoms with Gasteiger partial charge in [-0.25, -0.2) is 0 Å². The van der Waals surface area contributed by atoms with Crippen LogP contribution in [0.15, 0.2) is 12.1 Å². The minimum Gasteiger partial charge on any atom is -0.478 e. The van der Waals surface area contributed by atoms with E-state index in [1.807, 2.05) is 0 Å². The van der Waals surface area contributed by atoms with E-state index in [9.17, 15) is 0 Å². The summed E-state index contributed by atoms with van der Waals surface area (Å²) in [6.45, 7) is 8.15. The third-order valence-corrected chi connectivity index (χ3v) is 2.69. The van der Waals surface area contributed by atoms with E-state index in [4.69, 9.17) is 16.2 Å². The van der Waals surface area contributed by atoms with Crippen molar-refractivity contribution in [2.75, 3.05) is 37.7 Å². The van der Waals surface area contributed by atoms with Crippen molar-refractivity contribution in [1.29, 1.82) is 0 Å². The van der Waals surface area contributed by atoms with Gasteiger partial charge in [-0.3, -0.25) is 0 Å². The molecule has 5 heteroatoms. The number of aromatic nitrogens is 1. The van der Waals surface area contributed by atoms with Gasteiger partial charge in [0.1, 0.15) is 0 Å². The molecule has 0 spiro atoms. The lowest BCUT2D eigenvalue weighted by molar-refractivity contribution is 0.244. The SMILES string of the molecule is CCN(CC)CCCOc1ccc(N)c(N)n1. The van der Waals surface area contributed by atoms with Crippen molar-refractivity contribution in [1.82, 2.24) is 9.88 Å². The van der Waals surface area contributed by atoms with Crippen molar-refractivity contribution < 1.29 is 4.74 Å². The largest absolute Gasteiger partial charge is 0.478 e. The summed E-state index contributed by atoms with van der Waals surface area (Å²) >= 11 is 0. The summed E-state index contributed by atoms with van der Waals surface area (Å²) in [5, 5.41) is 0. The fraction of sp³-hybridized carbons (Fsp3) is 0.583. The Morgan fingerprint density at radius 2 is 1.94 bits per heavy atom. The number of rotatable bonds is 7. The monoisotopic (exact) mass is 238 g/mol. The van der Waals surface area contributed by atoms with E-state index in [0.717, 1.165) is 26.1 Å². The van der Waals surface area contributed by atoms with Crippen LogP contribution in [0.25, 0.3) is 0 Å². The lowest BCUT2D eigenvalue weighted by Gasteiger charge is -2.17. The van der Waals surface area contributed by atoms with Crippen LogP contribution in [-0.4, -0.2) is 36.1 Å². The van der Waals surface area contributed by atoms with Gasteiger partial charge in [-0.1, -0.05) is 13.8 Å². The van der Waals surface area contributed by atoms with Crippen LogP contribution in [0.1, 0.15) is 20.3 Å². The van der Waals surface area contributed by atoms with E-state index >= 15 is 0 Å². The number of nitrogens with two attached hydrogens (primary N) is 2.